The summed E-state index contributed by atoms with van der Waals surface area (Å²) in [5.74, 6) is -0.881. The number of nitrogens with zero attached hydrogens (tertiary/aromatic N) is 3. The minimum Gasteiger partial charge on any atom is -0.478 e. The van der Waals surface area contributed by atoms with Gasteiger partial charge in [-0.1, -0.05) is 17.8 Å². The van der Waals surface area contributed by atoms with Crippen LogP contribution in [0, 0.1) is 0 Å². The first-order valence-corrected chi connectivity index (χ1v) is 9.15. The minimum absolute atomic E-state index is 0.334. The Kier molecular flexibility index (Phi) is 3.95. The summed E-state index contributed by atoms with van der Waals surface area (Å²) in [5, 5.41) is 10.1. The number of aromatic carboxylic acids is 1. The number of piperidine rings is 1. The number of hydrogen-bond acceptors (Lipinski definition) is 5. The Balaban J connectivity index is 1.52. The average Bonchev–Trinajstić information content (AvgIpc) is 3.21. The zero-order chi connectivity index (χ0) is 15.8. The summed E-state index contributed by atoms with van der Waals surface area (Å²) in [4.78, 5) is 20.8. The van der Waals surface area contributed by atoms with Crippen molar-refractivity contribution < 1.29 is 9.90 Å². The highest BCUT2D eigenvalue weighted by Crippen LogP contribution is 2.32. The molecular weight excluding hydrogens is 310 g/mol. The van der Waals surface area contributed by atoms with Crippen LogP contribution in [0.1, 0.15) is 36.0 Å². The van der Waals surface area contributed by atoms with Crippen LogP contribution in [-0.4, -0.2) is 53.2 Å². The Hall–Kier alpha value is -1.66. The predicted molar refractivity (Wildman–Crippen MR) is 92.6 cm³/mol. The van der Waals surface area contributed by atoms with Crippen LogP contribution in [0.4, 0.5) is 5.13 Å². The summed E-state index contributed by atoms with van der Waals surface area (Å²) < 4.78 is 0.960. The van der Waals surface area contributed by atoms with E-state index in [9.17, 15) is 4.79 Å². The summed E-state index contributed by atoms with van der Waals surface area (Å²) in [6.45, 7) is 4.57. The van der Waals surface area contributed by atoms with Gasteiger partial charge < -0.3 is 10.0 Å². The summed E-state index contributed by atoms with van der Waals surface area (Å²) in [6.07, 6.45) is 5.23. The van der Waals surface area contributed by atoms with E-state index >= 15 is 0 Å². The van der Waals surface area contributed by atoms with Gasteiger partial charge in [0, 0.05) is 19.1 Å². The van der Waals surface area contributed by atoms with Gasteiger partial charge in [-0.3, -0.25) is 4.90 Å². The highest BCUT2D eigenvalue weighted by atomic mass is 32.1. The van der Waals surface area contributed by atoms with Crippen LogP contribution in [0.5, 0.6) is 0 Å². The monoisotopic (exact) mass is 331 g/mol. The van der Waals surface area contributed by atoms with Crippen molar-refractivity contribution in [2.75, 3.05) is 31.1 Å². The van der Waals surface area contributed by atoms with Crippen molar-refractivity contribution in [3.63, 3.8) is 0 Å². The highest BCUT2D eigenvalue weighted by molar-refractivity contribution is 7.22. The second kappa shape index (κ2) is 6.09. The minimum atomic E-state index is -0.881. The molecule has 0 bridgehead atoms. The Morgan fingerprint density at radius 2 is 2.04 bits per heavy atom. The van der Waals surface area contributed by atoms with E-state index in [1.807, 2.05) is 6.07 Å². The van der Waals surface area contributed by atoms with Crippen molar-refractivity contribution in [3.05, 3.63) is 23.8 Å². The van der Waals surface area contributed by atoms with Gasteiger partial charge in [0.25, 0.3) is 0 Å². The first-order chi connectivity index (χ1) is 11.2. The predicted octanol–water partition coefficient (Wildman–Crippen LogP) is 3.06. The maximum atomic E-state index is 11.1. The molecule has 0 aliphatic carbocycles. The third-order valence-corrected chi connectivity index (χ3v) is 6.04. The highest BCUT2D eigenvalue weighted by Gasteiger charge is 2.29. The lowest BCUT2D eigenvalue weighted by molar-refractivity contribution is 0.0697. The third-order valence-electron chi connectivity index (χ3n) is 4.97. The Morgan fingerprint density at radius 1 is 1.22 bits per heavy atom. The molecule has 23 heavy (non-hydrogen) atoms. The molecule has 1 aromatic heterocycles. The molecule has 2 fully saturated rings. The second-order valence-corrected chi connectivity index (χ2v) is 7.48. The fraction of sp³-hybridized carbons (Fsp3) is 0.529. The summed E-state index contributed by atoms with van der Waals surface area (Å²) in [5.41, 5.74) is 1.23. The number of benzene rings is 1. The van der Waals surface area contributed by atoms with E-state index in [-0.39, 0.29) is 0 Å². The quantitative estimate of drug-likeness (QED) is 0.937. The van der Waals surface area contributed by atoms with Gasteiger partial charge in [-0.25, -0.2) is 9.78 Å². The molecule has 0 saturated carbocycles. The van der Waals surface area contributed by atoms with E-state index in [0.717, 1.165) is 28.4 Å². The molecule has 4 rings (SSSR count). The number of fused-ring (bicyclic) bond motifs is 1. The topological polar surface area (TPSA) is 56.7 Å². The number of rotatable bonds is 3. The van der Waals surface area contributed by atoms with E-state index in [2.05, 4.69) is 9.80 Å². The van der Waals surface area contributed by atoms with Crippen LogP contribution in [0.2, 0.25) is 0 Å². The summed E-state index contributed by atoms with van der Waals surface area (Å²) in [7, 11) is 0. The molecule has 2 aromatic rings. The first kappa shape index (κ1) is 14.9. The van der Waals surface area contributed by atoms with Crippen molar-refractivity contribution in [3.8, 4) is 0 Å². The molecule has 1 unspecified atom stereocenters. The molecule has 0 amide bonds. The maximum Gasteiger partial charge on any atom is 0.335 e. The van der Waals surface area contributed by atoms with Crippen molar-refractivity contribution in [1.29, 1.82) is 0 Å². The van der Waals surface area contributed by atoms with Crippen LogP contribution in [0.3, 0.4) is 0 Å². The van der Waals surface area contributed by atoms with E-state index in [0.29, 0.717) is 11.6 Å². The molecule has 2 aliphatic heterocycles. The lowest BCUT2D eigenvalue weighted by Crippen LogP contribution is -2.40. The fourth-order valence-corrected chi connectivity index (χ4v) is 4.72. The lowest BCUT2D eigenvalue weighted by Gasteiger charge is -2.32. The van der Waals surface area contributed by atoms with E-state index in [4.69, 9.17) is 10.1 Å². The van der Waals surface area contributed by atoms with Crippen molar-refractivity contribution in [2.24, 2.45) is 0 Å². The first-order valence-electron chi connectivity index (χ1n) is 8.33. The molecule has 0 radical (unpaired) electrons. The van der Waals surface area contributed by atoms with Gasteiger partial charge in [0.05, 0.1) is 15.8 Å². The maximum absolute atomic E-state index is 11.1. The Labute approximate surface area is 139 Å². The van der Waals surface area contributed by atoms with Gasteiger partial charge in [0.2, 0.25) is 0 Å². The zero-order valence-electron chi connectivity index (χ0n) is 13.1. The third kappa shape index (κ3) is 2.93. The lowest BCUT2D eigenvalue weighted by atomic mass is 10.1. The van der Waals surface area contributed by atoms with Gasteiger partial charge in [0.15, 0.2) is 5.13 Å². The van der Waals surface area contributed by atoms with Crippen LogP contribution < -0.4 is 4.90 Å². The molecule has 5 nitrogen and oxygen atoms in total. The SMILES string of the molecule is O=C(O)c1ccc2nc(N3CCC(N4CCCCC4)C3)sc2c1. The molecule has 2 aliphatic rings. The van der Waals surface area contributed by atoms with E-state index < -0.39 is 5.97 Å². The number of likely N-dealkylation sites (tertiary alicyclic amines) is 1. The van der Waals surface area contributed by atoms with E-state index in [1.54, 1.807) is 23.5 Å². The van der Waals surface area contributed by atoms with Gasteiger partial charge in [-0.05, 0) is 50.6 Å². The molecule has 1 aromatic carbocycles. The molecule has 2 saturated heterocycles. The number of aromatic nitrogens is 1. The molecule has 122 valence electrons. The van der Waals surface area contributed by atoms with Crippen LogP contribution in [-0.2, 0) is 0 Å². The molecule has 0 spiro atoms. The number of thiazole rings is 1. The normalized spacial score (nSPS) is 22.8. The Morgan fingerprint density at radius 3 is 2.83 bits per heavy atom. The molecule has 1 atom stereocenters. The molecule has 3 heterocycles. The zero-order valence-corrected chi connectivity index (χ0v) is 13.9. The second-order valence-electron chi connectivity index (χ2n) is 6.47. The van der Waals surface area contributed by atoms with Crippen LogP contribution in [0.25, 0.3) is 10.2 Å². The smallest absolute Gasteiger partial charge is 0.335 e. The van der Waals surface area contributed by atoms with Gasteiger partial charge in [0.1, 0.15) is 0 Å². The van der Waals surface area contributed by atoms with Gasteiger partial charge in [-0.15, -0.1) is 0 Å². The van der Waals surface area contributed by atoms with Crippen molar-refractivity contribution >= 4 is 32.7 Å². The number of carboxylic acid groups (broad SMARTS) is 1. The summed E-state index contributed by atoms with van der Waals surface area (Å²) in [6, 6.07) is 5.83. The van der Waals surface area contributed by atoms with Crippen LogP contribution in [0.15, 0.2) is 18.2 Å². The number of carboxylic acids is 1. The van der Waals surface area contributed by atoms with Gasteiger partial charge >= 0.3 is 5.97 Å². The standard InChI is InChI=1S/C17H21N3O2S/c21-16(22)12-4-5-14-15(10-12)23-17(18-14)20-9-6-13(11-20)19-7-2-1-3-8-19/h4-5,10,13H,1-3,6-9,11H2,(H,21,22). The molecular formula is C17H21N3O2S. The summed E-state index contributed by atoms with van der Waals surface area (Å²) >= 11 is 1.61. The number of carbonyl (C=O) groups is 1. The number of anilines is 1. The van der Waals surface area contributed by atoms with Crippen molar-refractivity contribution in [2.45, 2.75) is 31.7 Å². The molecule has 1 N–H and O–H groups in total. The largest absolute Gasteiger partial charge is 0.478 e. The average molecular weight is 331 g/mol. The van der Waals surface area contributed by atoms with Crippen LogP contribution >= 0.6 is 11.3 Å². The van der Waals surface area contributed by atoms with Crippen molar-refractivity contribution in [1.82, 2.24) is 9.88 Å². The fourth-order valence-electron chi connectivity index (χ4n) is 3.68. The number of hydrogen-bond donors (Lipinski definition) is 1. The Bertz CT molecular complexity index is 724. The van der Waals surface area contributed by atoms with Gasteiger partial charge in [-0.2, -0.15) is 0 Å². The van der Waals surface area contributed by atoms with E-state index in [1.165, 1.54) is 38.8 Å². The molecule has 6 heteroatoms.